The molecule has 1 heteroatoms. The standard InChI is InChI=1S/C10H20O/c1-8(2)9(3)7-11-10(4,5)6/h7H2,1-6H3. The lowest BCUT2D eigenvalue weighted by atomic mass is 10.1. The maximum atomic E-state index is 5.59. The summed E-state index contributed by atoms with van der Waals surface area (Å²) in [4.78, 5) is 0. The molecule has 0 N–H and O–H groups in total. The zero-order valence-electron chi connectivity index (χ0n) is 8.62. The number of rotatable bonds is 2. The van der Waals surface area contributed by atoms with Gasteiger partial charge in [-0.05, 0) is 47.1 Å². The van der Waals surface area contributed by atoms with Crippen LogP contribution < -0.4 is 0 Å². The second kappa shape index (κ2) is 3.91. The molecule has 0 saturated carbocycles. The maximum absolute atomic E-state index is 5.59. The zero-order chi connectivity index (χ0) is 9.07. The fourth-order valence-corrected chi connectivity index (χ4v) is 0.469. The fraction of sp³-hybridized carbons (Fsp3) is 0.800. The van der Waals surface area contributed by atoms with Crippen LogP contribution in [-0.4, -0.2) is 12.2 Å². The highest BCUT2D eigenvalue weighted by Gasteiger charge is 2.09. The van der Waals surface area contributed by atoms with Gasteiger partial charge >= 0.3 is 0 Å². The molecule has 0 rings (SSSR count). The predicted octanol–water partition coefficient (Wildman–Crippen LogP) is 3.16. The second-order valence-electron chi connectivity index (χ2n) is 4.18. The minimum atomic E-state index is -0.0172. The van der Waals surface area contributed by atoms with Gasteiger partial charge in [0.05, 0.1) is 12.2 Å². The Balaban J connectivity index is 3.82. The van der Waals surface area contributed by atoms with E-state index >= 15 is 0 Å². The van der Waals surface area contributed by atoms with Gasteiger partial charge in [0.25, 0.3) is 0 Å². The van der Waals surface area contributed by atoms with Crippen molar-refractivity contribution in [3.8, 4) is 0 Å². The summed E-state index contributed by atoms with van der Waals surface area (Å²) < 4.78 is 5.59. The van der Waals surface area contributed by atoms with Crippen LogP contribution in [0.1, 0.15) is 41.5 Å². The normalized spacial score (nSPS) is 11.5. The lowest BCUT2D eigenvalue weighted by Gasteiger charge is -2.20. The molecule has 0 aromatic rings. The van der Waals surface area contributed by atoms with E-state index in [-0.39, 0.29) is 5.60 Å². The van der Waals surface area contributed by atoms with E-state index < -0.39 is 0 Å². The van der Waals surface area contributed by atoms with Crippen LogP contribution in [0.3, 0.4) is 0 Å². The molecule has 0 amide bonds. The molecule has 0 unspecified atom stereocenters. The number of hydrogen-bond acceptors (Lipinski definition) is 1. The average molecular weight is 156 g/mol. The molecule has 0 fully saturated rings. The summed E-state index contributed by atoms with van der Waals surface area (Å²) in [6.45, 7) is 13.3. The molecule has 0 aromatic heterocycles. The Labute approximate surface area is 70.4 Å². The van der Waals surface area contributed by atoms with Crippen molar-refractivity contribution in [3.63, 3.8) is 0 Å². The van der Waals surface area contributed by atoms with Gasteiger partial charge in [0.15, 0.2) is 0 Å². The van der Waals surface area contributed by atoms with Crippen molar-refractivity contribution in [1.29, 1.82) is 0 Å². The van der Waals surface area contributed by atoms with Gasteiger partial charge in [0.1, 0.15) is 0 Å². The van der Waals surface area contributed by atoms with Gasteiger partial charge in [-0.3, -0.25) is 0 Å². The Hall–Kier alpha value is -0.300. The van der Waals surface area contributed by atoms with Crippen molar-refractivity contribution in [2.45, 2.75) is 47.1 Å². The smallest absolute Gasteiger partial charge is 0.0683 e. The third kappa shape index (κ3) is 6.11. The van der Waals surface area contributed by atoms with Crippen molar-refractivity contribution in [3.05, 3.63) is 11.1 Å². The Morgan fingerprint density at radius 1 is 1.09 bits per heavy atom. The van der Waals surface area contributed by atoms with E-state index in [1.165, 1.54) is 11.1 Å². The summed E-state index contributed by atoms with van der Waals surface area (Å²) in [5.74, 6) is 0. The van der Waals surface area contributed by atoms with Crippen molar-refractivity contribution in [2.75, 3.05) is 6.61 Å². The third-order valence-corrected chi connectivity index (χ3v) is 1.58. The monoisotopic (exact) mass is 156 g/mol. The summed E-state index contributed by atoms with van der Waals surface area (Å²) in [5.41, 5.74) is 2.67. The summed E-state index contributed by atoms with van der Waals surface area (Å²) in [6, 6.07) is 0. The molecule has 0 atom stereocenters. The van der Waals surface area contributed by atoms with Gasteiger partial charge in [-0.25, -0.2) is 0 Å². The molecule has 0 aliphatic carbocycles. The average Bonchev–Trinajstić information content (AvgIpc) is 1.80. The van der Waals surface area contributed by atoms with Crippen molar-refractivity contribution < 1.29 is 4.74 Å². The van der Waals surface area contributed by atoms with Crippen LogP contribution >= 0.6 is 0 Å². The van der Waals surface area contributed by atoms with Gasteiger partial charge in [-0.1, -0.05) is 5.57 Å². The van der Waals surface area contributed by atoms with E-state index in [2.05, 4.69) is 41.5 Å². The molecule has 0 radical (unpaired) electrons. The highest BCUT2D eigenvalue weighted by Crippen LogP contribution is 2.10. The Morgan fingerprint density at radius 3 is 1.82 bits per heavy atom. The SMILES string of the molecule is CC(C)=C(C)COC(C)(C)C. The lowest BCUT2D eigenvalue weighted by molar-refractivity contribution is 0.0109. The van der Waals surface area contributed by atoms with E-state index in [4.69, 9.17) is 4.74 Å². The van der Waals surface area contributed by atoms with E-state index in [1.807, 2.05) is 0 Å². The zero-order valence-corrected chi connectivity index (χ0v) is 8.62. The summed E-state index contributed by atoms with van der Waals surface area (Å²) in [6.07, 6.45) is 0. The minimum absolute atomic E-state index is 0.0172. The quantitative estimate of drug-likeness (QED) is 0.558. The summed E-state index contributed by atoms with van der Waals surface area (Å²) in [7, 11) is 0. The predicted molar refractivity (Wildman–Crippen MR) is 49.8 cm³/mol. The first-order valence-corrected chi connectivity index (χ1v) is 4.10. The Morgan fingerprint density at radius 2 is 1.55 bits per heavy atom. The molecule has 0 aliphatic rings. The molecular weight excluding hydrogens is 136 g/mol. The van der Waals surface area contributed by atoms with E-state index in [0.29, 0.717) is 0 Å². The number of ether oxygens (including phenoxy) is 1. The molecule has 0 heterocycles. The number of hydrogen-bond donors (Lipinski definition) is 0. The first-order chi connectivity index (χ1) is 4.83. The molecule has 1 nitrogen and oxygen atoms in total. The Kier molecular flexibility index (Phi) is 3.81. The van der Waals surface area contributed by atoms with Gasteiger partial charge in [0, 0.05) is 0 Å². The molecule has 0 bridgehead atoms. The van der Waals surface area contributed by atoms with Crippen molar-refractivity contribution in [1.82, 2.24) is 0 Å². The highest BCUT2D eigenvalue weighted by atomic mass is 16.5. The molecule has 0 saturated heterocycles. The van der Waals surface area contributed by atoms with Crippen LogP contribution in [0.4, 0.5) is 0 Å². The fourth-order valence-electron chi connectivity index (χ4n) is 0.469. The lowest BCUT2D eigenvalue weighted by Crippen LogP contribution is -2.20. The topological polar surface area (TPSA) is 9.23 Å². The number of allylic oxidation sites excluding steroid dienone is 1. The third-order valence-electron chi connectivity index (χ3n) is 1.58. The van der Waals surface area contributed by atoms with Gasteiger partial charge in [0.2, 0.25) is 0 Å². The van der Waals surface area contributed by atoms with Crippen LogP contribution in [0.5, 0.6) is 0 Å². The summed E-state index contributed by atoms with van der Waals surface area (Å²) in [5, 5.41) is 0. The van der Waals surface area contributed by atoms with E-state index in [1.54, 1.807) is 0 Å². The van der Waals surface area contributed by atoms with Crippen molar-refractivity contribution >= 4 is 0 Å². The van der Waals surface area contributed by atoms with E-state index in [9.17, 15) is 0 Å². The molecule has 66 valence electrons. The Bertz CT molecular complexity index is 145. The van der Waals surface area contributed by atoms with Crippen LogP contribution in [0.25, 0.3) is 0 Å². The largest absolute Gasteiger partial charge is 0.372 e. The summed E-state index contributed by atoms with van der Waals surface area (Å²) >= 11 is 0. The second-order valence-corrected chi connectivity index (χ2v) is 4.18. The molecule has 11 heavy (non-hydrogen) atoms. The molecule has 0 aromatic carbocycles. The van der Waals surface area contributed by atoms with Crippen LogP contribution in [-0.2, 0) is 4.74 Å². The van der Waals surface area contributed by atoms with Gasteiger partial charge in [-0.2, -0.15) is 0 Å². The van der Waals surface area contributed by atoms with E-state index in [0.717, 1.165) is 6.61 Å². The van der Waals surface area contributed by atoms with Gasteiger partial charge in [-0.15, -0.1) is 0 Å². The highest BCUT2D eigenvalue weighted by molar-refractivity contribution is 5.06. The molecule has 0 spiro atoms. The van der Waals surface area contributed by atoms with Crippen LogP contribution in [0.2, 0.25) is 0 Å². The van der Waals surface area contributed by atoms with Crippen LogP contribution in [0.15, 0.2) is 11.1 Å². The molecule has 0 aliphatic heterocycles. The first kappa shape index (κ1) is 10.7. The van der Waals surface area contributed by atoms with Crippen molar-refractivity contribution in [2.24, 2.45) is 0 Å². The molecular formula is C10H20O. The maximum Gasteiger partial charge on any atom is 0.0683 e. The minimum Gasteiger partial charge on any atom is -0.372 e. The van der Waals surface area contributed by atoms with Gasteiger partial charge < -0.3 is 4.74 Å². The van der Waals surface area contributed by atoms with Crippen LogP contribution in [0, 0.1) is 0 Å². The first-order valence-electron chi connectivity index (χ1n) is 4.10.